The summed E-state index contributed by atoms with van der Waals surface area (Å²) in [6.07, 6.45) is 4.11. The Morgan fingerprint density at radius 3 is 2.16 bits per heavy atom. The standard InChI is InChI=1S/C24H35N3O4S/c1-18(2)21-16-22-20(15-24(28)31-23(22)14-19(21)3)17-25-10-12-27(13-11-25)32(29,30)26-8-6-4-5-7-9-26/h14-16,18H,4-13,17H2,1-3H3. The first-order valence-electron chi connectivity index (χ1n) is 11.8. The molecule has 0 N–H and O–H groups in total. The molecule has 2 aliphatic heterocycles. The third-order valence-electron chi connectivity index (χ3n) is 6.78. The summed E-state index contributed by atoms with van der Waals surface area (Å²) in [6, 6.07) is 5.69. The van der Waals surface area contributed by atoms with Crippen LogP contribution < -0.4 is 5.63 Å². The first kappa shape index (κ1) is 23.4. The number of fused-ring (bicyclic) bond motifs is 1. The quantitative estimate of drug-likeness (QED) is 0.638. The van der Waals surface area contributed by atoms with Gasteiger partial charge in [0.25, 0.3) is 10.2 Å². The average Bonchev–Trinajstić information content (AvgIpc) is 3.03. The monoisotopic (exact) mass is 461 g/mol. The third kappa shape index (κ3) is 4.93. The van der Waals surface area contributed by atoms with E-state index in [9.17, 15) is 13.2 Å². The van der Waals surface area contributed by atoms with Crippen LogP contribution in [0.25, 0.3) is 11.0 Å². The van der Waals surface area contributed by atoms with E-state index < -0.39 is 10.2 Å². The van der Waals surface area contributed by atoms with E-state index in [0.717, 1.165) is 42.2 Å². The highest BCUT2D eigenvalue weighted by atomic mass is 32.2. The van der Waals surface area contributed by atoms with Gasteiger partial charge in [0.15, 0.2) is 0 Å². The number of nitrogens with zero attached hydrogens (tertiary/aromatic N) is 3. The van der Waals surface area contributed by atoms with Crippen molar-refractivity contribution in [1.29, 1.82) is 0 Å². The van der Waals surface area contributed by atoms with Crippen LogP contribution >= 0.6 is 0 Å². The highest BCUT2D eigenvalue weighted by Gasteiger charge is 2.32. The van der Waals surface area contributed by atoms with E-state index in [-0.39, 0.29) is 5.63 Å². The van der Waals surface area contributed by atoms with Gasteiger partial charge in [-0.05, 0) is 54.5 Å². The highest BCUT2D eigenvalue weighted by Crippen LogP contribution is 2.28. The number of aryl methyl sites for hydroxylation is 1. The van der Waals surface area contributed by atoms with Crippen LogP contribution in [0.4, 0.5) is 0 Å². The van der Waals surface area contributed by atoms with E-state index in [1.165, 1.54) is 5.56 Å². The lowest BCUT2D eigenvalue weighted by Crippen LogP contribution is -2.52. The number of piperazine rings is 1. The van der Waals surface area contributed by atoms with E-state index in [1.807, 2.05) is 13.0 Å². The number of hydrogen-bond donors (Lipinski definition) is 0. The Bertz CT molecular complexity index is 1110. The average molecular weight is 462 g/mol. The molecule has 1 aromatic heterocycles. The van der Waals surface area contributed by atoms with Crippen molar-refractivity contribution in [2.75, 3.05) is 39.3 Å². The molecule has 1 aromatic carbocycles. The SMILES string of the molecule is Cc1cc2oc(=O)cc(CN3CCN(S(=O)(=O)N4CCCCCC4)CC3)c2cc1C(C)C. The molecule has 32 heavy (non-hydrogen) atoms. The third-order valence-corrected chi connectivity index (χ3v) is 8.82. The van der Waals surface area contributed by atoms with Gasteiger partial charge >= 0.3 is 5.63 Å². The molecule has 4 rings (SSSR count). The fraction of sp³-hybridized carbons (Fsp3) is 0.625. The summed E-state index contributed by atoms with van der Waals surface area (Å²) in [5.74, 6) is 0.381. The Hall–Kier alpha value is -1.74. The molecule has 0 bridgehead atoms. The summed E-state index contributed by atoms with van der Waals surface area (Å²) in [5.41, 5.74) is 3.60. The molecule has 2 aromatic rings. The zero-order valence-corrected chi connectivity index (χ0v) is 20.3. The summed E-state index contributed by atoms with van der Waals surface area (Å²) in [7, 11) is -3.39. The van der Waals surface area contributed by atoms with Gasteiger partial charge in [-0.25, -0.2) is 4.79 Å². The summed E-state index contributed by atoms with van der Waals surface area (Å²) >= 11 is 0. The van der Waals surface area contributed by atoms with Crippen LogP contribution in [0, 0.1) is 6.92 Å². The van der Waals surface area contributed by atoms with Gasteiger partial charge < -0.3 is 4.42 Å². The molecule has 2 aliphatic rings. The van der Waals surface area contributed by atoms with Gasteiger partial charge in [-0.3, -0.25) is 4.90 Å². The molecule has 0 aliphatic carbocycles. The van der Waals surface area contributed by atoms with Crippen LogP contribution in [0.3, 0.4) is 0 Å². The predicted molar refractivity (Wildman–Crippen MR) is 127 cm³/mol. The van der Waals surface area contributed by atoms with Crippen LogP contribution in [0.15, 0.2) is 27.4 Å². The molecule has 0 amide bonds. The van der Waals surface area contributed by atoms with Crippen molar-refractivity contribution < 1.29 is 12.8 Å². The van der Waals surface area contributed by atoms with Gasteiger partial charge in [0, 0.05) is 57.3 Å². The van der Waals surface area contributed by atoms with Crippen molar-refractivity contribution in [3.8, 4) is 0 Å². The van der Waals surface area contributed by atoms with Gasteiger partial charge in [-0.1, -0.05) is 26.7 Å². The molecular formula is C24H35N3O4S. The molecule has 0 saturated carbocycles. The largest absolute Gasteiger partial charge is 0.423 e. The van der Waals surface area contributed by atoms with Crippen LogP contribution in [0.2, 0.25) is 0 Å². The van der Waals surface area contributed by atoms with E-state index in [4.69, 9.17) is 4.42 Å². The van der Waals surface area contributed by atoms with Gasteiger partial charge in [0.1, 0.15) is 5.58 Å². The molecule has 0 atom stereocenters. The lowest BCUT2D eigenvalue weighted by atomic mass is 9.95. The van der Waals surface area contributed by atoms with Gasteiger partial charge in [0.05, 0.1) is 0 Å². The second kappa shape index (κ2) is 9.63. The molecule has 8 heteroatoms. The molecule has 176 valence electrons. The fourth-order valence-corrected chi connectivity index (χ4v) is 6.61. The Balaban J connectivity index is 1.49. The highest BCUT2D eigenvalue weighted by molar-refractivity contribution is 7.86. The molecule has 0 unspecified atom stereocenters. The number of rotatable bonds is 5. The zero-order valence-electron chi connectivity index (χ0n) is 19.5. The lowest BCUT2D eigenvalue weighted by molar-refractivity contribution is 0.175. The molecule has 2 saturated heterocycles. The molecule has 7 nitrogen and oxygen atoms in total. The minimum Gasteiger partial charge on any atom is -0.423 e. The topological polar surface area (TPSA) is 74.1 Å². The Morgan fingerprint density at radius 2 is 1.53 bits per heavy atom. The zero-order chi connectivity index (χ0) is 22.9. The van der Waals surface area contributed by atoms with Gasteiger partial charge in [-0.15, -0.1) is 0 Å². The van der Waals surface area contributed by atoms with E-state index in [1.54, 1.807) is 14.7 Å². The Morgan fingerprint density at radius 1 is 0.906 bits per heavy atom. The van der Waals surface area contributed by atoms with Crippen molar-refractivity contribution in [2.24, 2.45) is 0 Å². The molecule has 2 fully saturated rings. The smallest absolute Gasteiger partial charge is 0.336 e. The van der Waals surface area contributed by atoms with E-state index >= 15 is 0 Å². The molecule has 0 radical (unpaired) electrons. The molecular weight excluding hydrogens is 426 g/mol. The number of benzene rings is 1. The normalized spacial score (nSPS) is 20.1. The second-order valence-corrected chi connectivity index (χ2v) is 11.4. The number of hydrogen-bond acceptors (Lipinski definition) is 5. The maximum Gasteiger partial charge on any atom is 0.336 e. The van der Waals surface area contributed by atoms with Crippen molar-refractivity contribution in [3.63, 3.8) is 0 Å². The van der Waals surface area contributed by atoms with Gasteiger partial charge in [0.2, 0.25) is 0 Å². The van der Waals surface area contributed by atoms with Crippen molar-refractivity contribution >= 4 is 21.2 Å². The summed E-state index contributed by atoms with van der Waals surface area (Å²) in [4.78, 5) is 14.4. The van der Waals surface area contributed by atoms with E-state index in [2.05, 4.69) is 24.8 Å². The van der Waals surface area contributed by atoms with Crippen LogP contribution in [-0.4, -0.2) is 61.2 Å². The summed E-state index contributed by atoms with van der Waals surface area (Å²) in [6.45, 7) is 10.5. The molecule has 0 spiro atoms. The van der Waals surface area contributed by atoms with E-state index in [0.29, 0.717) is 57.3 Å². The minimum absolute atomic E-state index is 0.341. The summed E-state index contributed by atoms with van der Waals surface area (Å²) < 4.78 is 35.0. The molecule has 3 heterocycles. The van der Waals surface area contributed by atoms with Crippen LogP contribution in [-0.2, 0) is 16.8 Å². The van der Waals surface area contributed by atoms with Crippen molar-refractivity contribution in [3.05, 3.63) is 45.3 Å². The van der Waals surface area contributed by atoms with Crippen LogP contribution in [0.1, 0.15) is 62.1 Å². The van der Waals surface area contributed by atoms with Gasteiger partial charge in [-0.2, -0.15) is 17.0 Å². The maximum atomic E-state index is 13.1. The van der Waals surface area contributed by atoms with Crippen molar-refractivity contribution in [1.82, 2.24) is 13.5 Å². The first-order valence-corrected chi connectivity index (χ1v) is 13.2. The van der Waals surface area contributed by atoms with Crippen LogP contribution in [0.5, 0.6) is 0 Å². The minimum atomic E-state index is -3.39. The predicted octanol–water partition coefficient (Wildman–Crippen LogP) is 3.46. The Kier molecular flexibility index (Phi) is 7.05. The summed E-state index contributed by atoms with van der Waals surface area (Å²) in [5, 5.41) is 0.971. The van der Waals surface area contributed by atoms with Crippen molar-refractivity contribution in [2.45, 2.75) is 58.9 Å². The maximum absolute atomic E-state index is 13.1. The fourth-order valence-electron chi connectivity index (χ4n) is 4.94. The first-order chi connectivity index (χ1) is 15.3. The second-order valence-electron chi connectivity index (χ2n) is 9.45. The Labute approximate surface area is 191 Å². The lowest BCUT2D eigenvalue weighted by Gasteiger charge is -2.36.